The van der Waals surface area contributed by atoms with Crippen LogP contribution in [0.2, 0.25) is 0 Å². The average Bonchev–Trinajstić information content (AvgIpc) is 2.65. The molecular weight excluding hydrogens is 422 g/mol. The summed E-state index contributed by atoms with van der Waals surface area (Å²) >= 11 is 0. The van der Waals surface area contributed by atoms with E-state index in [4.69, 9.17) is 18.8 Å². The lowest BCUT2D eigenvalue weighted by atomic mass is 10.2. The summed E-state index contributed by atoms with van der Waals surface area (Å²) < 4.78 is 46.3. The predicted octanol–water partition coefficient (Wildman–Crippen LogP) is 4.38. The first-order chi connectivity index (χ1) is 14.3. The van der Waals surface area contributed by atoms with Crippen LogP contribution in [-0.2, 0) is 14.9 Å². The monoisotopic (exact) mass is 451 g/mol. The van der Waals surface area contributed by atoms with Gasteiger partial charge in [-0.05, 0) is 58.4 Å². The maximum absolute atomic E-state index is 12.1. The Labute approximate surface area is 183 Å². The number of ether oxygens (including phenoxy) is 3. The van der Waals surface area contributed by atoms with E-state index in [-0.39, 0.29) is 11.0 Å². The SMILES string of the molecule is COc1ccc2c(c1)OCCN2C(=O)OC(C)(C)C.Cc1ccc(S(=O)(=O)O)c(C)c1. The van der Waals surface area contributed by atoms with Crippen LogP contribution in [0.15, 0.2) is 41.3 Å². The number of methoxy groups -OCH3 is 1. The highest BCUT2D eigenvalue weighted by Crippen LogP contribution is 2.35. The average molecular weight is 452 g/mol. The Balaban J connectivity index is 0.000000245. The van der Waals surface area contributed by atoms with Crippen LogP contribution in [0.1, 0.15) is 31.9 Å². The summed E-state index contributed by atoms with van der Waals surface area (Å²) in [5.41, 5.74) is 1.74. The smallest absolute Gasteiger partial charge is 0.415 e. The number of carbonyl (C=O) groups excluding carboxylic acids is 1. The number of benzene rings is 2. The van der Waals surface area contributed by atoms with Gasteiger partial charge in [-0.2, -0.15) is 8.42 Å². The van der Waals surface area contributed by atoms with E-state index in [1.165, 1.54) is 6.07 Å². The molecule has 2 aromatic rings. The van der Waals surface area contributed by atoms with Gasteiger partial charge in [-0.15, -0.1) is 0 Å². The summed E-state index contributed by atoms with van der Waals surface area (Å²) in [6, 6.07) is 10.1. The van der Waals surface area contributed by atoms with E-state index < -0.39 is 15.7 Å². The molecule has 1 aliphatic heterocycles. The lowest BCUT2D eigenvalue weighted by Gasteiger charge is -2.31. The third-order valence-corrected chi connectivity index (χ3v) is 5.27. The summed E-state index contributed by atoms with van der Waals surface area (Å²) in [7, 11) is -2.46. The Morgan fingerprint density at radius 2 is 1.81 bits per heavy atom. The molecule has 8 nitrogen and oxygen atoms in total. The van der Waals surface area contributed by atoms with Gasteiger partial charge >= 0.3 is 6.09 Å². The molecule has 31 heavy (non-hydrogen) atoms. The van der Waals surface area contributed by atoms with E-state index >= 15 is 0 Å². The number of carbonyl (C=O) groups is 1. The first-order valence-electron chi connectivity index (χ1n) is 9.68. The molecule has 0 radical (unpaired) electrons. The van der Waals surface area contributed by atoms with E-state index in [1.807, 2.05) is 27.7 Å². The van der Waals surface area contributed by atoms with Crippen molar-refractivity contribution in [2.45, 2.75) is 45.1 Å². The van der Waals surface area contributed by atoms with Crippen molar-refractivity contribution in [3.8, 4) is 11.5 Å². The molecule has 0 fully saturated rings. The van der Waals surface area contributed by atoms with E-state index in [1.54, 1.807) is 49.3 Å². The largest absolute Gasteiger partial charge is 0.497 e. The summed E-state index contributed by atoms with van der Waals surface area (Å²) in [5, 5.41) is 0. The number of anilines is 1. The Morgan fingerprint density at radius 3 is 2.35 bits per heavy atom. The number of hydrogen-bond acceptors (Lipinski definition) is 6. The highest BCUT2D eigenvalue weighted by Gasteiger charge is 2.28. The molecule has 0 aromatic heterocycles. The van der Waals surface area contributed by atoms with Crippen molar-refractivity contribution in [1.29, 1.82) is 0 Å². The first kappa shape index (κ1) is 24.5. The van der Waals surface area contributed by atoms with Gasteiger partial charge in [0.1, 0.15) is 23.7 Å². The minimum absolute atomic E-state index is 0.0203. The second-order valence-corrected chi connectivity index (χ2v) is 9.45. The highest BCUT2D eigenvalue weighted by atomic mass is 32.2. The topological polar surface area (TPSA) is 102 Å². The molecule has 1 amide bonds. The summed E-state index contributed by atoms with van der Waals surface area (Å²) in [6.45, 7) is 9.98. The summed E-state index contributed by atoms with van der Waals surface area (Å²) in [4.78, 5) is 13.7. The van der Waals surface area contributed by atoms with E-state index in [9.17, 15) is 13.2 Å². The zero-order valence-corrected chi connectivity index (χ0v) is 19.4. The lowest BCUT2D eigenvalue weighted by Crippen LogP contribution is -2.41. The van der Waals surface area contributed by atoms with Gasteiger partial charge in [0.15, 0.2) is 0 Å². The summed E-state index contributed by atoms with van der Waals surface area (Å²) in [6.07, 6.45) is -0.359. The van der Waals surface area contributed by atoms with Gasteiger partial charge in [-0.25, -0.2) is 4.79 Å². The maximum atomic E-state index is 12.1. The second kappa shape index (κ2) is 9.57. The van der Waals surface area contributed by atoms with Crippen molar-refractivity contribution in [1.82, 2.24) is 0 Å². The molecule has 9 heteroatoms. The number of aryl methyl sites for hydroxylation is 2. The molecule has 1 heterocycles. The molecule has 0 atom stereocenters. The fourth-order valence-corrected chi connectivity index (χ4v) is 3.63. The van der Waals surface area contributed by atoms with Gasteiger partial charge in [0, 0.05) is 6.07 Å². The van der Waals surface area contributed by atoms with Gasteiger partial charge in [-0.1, -0.05) is 17.7 Å². The zero-order valence-electron chi connectivity index (χ0n) is 18.6. The van der Waals surface area contributed by atoms with Crippen molar-refractivity contribution < 1.29 is 32.0 Å². The molecule has 0 aliphatic carbocycles. The van der Waals surface area contributed by atoms with Gasteiger partial charge < -0.3 is 14.2 Å². The van der Waals surface area contributed by atoms with Crippen LogP contribution in [0, 0.1) is 13.8 Å². The molecule has 0 bridgehead atoms. The molecule has 0 saturated carbocycles. The Kier molecular flexibility index (Phi) is 7.56. The van der Waals surface area contributed by atoms with Crippen LogP contribution in [0.3, 0.4) is 0 Å². The normalized spacial score (nSPS) is 13.3. The lowest BCUT2D eigenvalue weighted by molar-refractivity contribution is 0.0567. The van der Waals surface area contributed by atoms with Crippen molar-refractivity contribution in [2.24, 2.45) is 0 Å². The third kappa shape index (κ3) is 6.86. The van der Waals surface area contributed by atoms with Crippen LogP contribution in [0.4, 0.5) is 10.5 Å². The van der Waals surface area contributed by atoms with Gasteiger partial charge in [0.2, 0.25) is 0 Å². The van der Waals surface area contributed by atoms with Crippen LogP contribution < -0.4 is 14.4 Å². The van der Waals surface area contributed by atoms with Crippen LogP contribution >= 0.6 is 0 Å². The Bertz CT molecular complexity index is 1040. The van der Waals surface area contributed by atoms with Gasteiger partial charge in [-0.3, -0.25) is 9.45 Å². The van der Waals surface area contributed by atoms with E-state index in [0.717, 1.165) is 5.56 Å². The number of fused-ring (bicyclic) bond motifs is 1. The van der Waals surface area contributed by atoms with Gasteiger partial charge in [0.05, 0.1) is 24.2 Å². The van der Waals surface area contributed by atoms with Crippen molar-refractivity contribution >= 4 is 21.9 Å². The number of nitrogens with zero attached hydrogens (tertiary/aromatic N) is 1. The molecule has 0 unspecified atom stereocenters. The van der Waals surface area contributed by atoms with E-state index in [2.05, 4.69) is 0 Å². The quantitative estimate of drug-likeness (QED) is 0.676. The number of rotatable bonds is 2. The molecule has 1 aliphatic rings. The number of hydrogen-bond donors (Lipinski definition) is 1. The van der Waals surface area contributed by atoms with Crippen LogP contribution in [0.5, 0.6) is 11.5 Å². The zero-order chi connectivity index (χ0) is 23.4. The first-order valence-corrected chi connectivity index (χ1v) is 11.1. The minimum Gasteiger partial charge on any atom is -0.497 e. The molecule has 170 valence electrons. The molecule has 0 saturated heterocycles. The van der Waals surface area contributed by atoms with Crippen LogP contribution in [-0.4, -0.2) is 44.9 Å². The van der Waals surface area contributed by atoms with E-state index in [0.29, 0.717) is 35.9 Å². The fraction of sp³-hybridized carbons (Fsp3) is 0.409. The predicted molar refractivity (Wildman–Crippen MR) is 118 cm³/mol. The van der Waals surface area contributed by atoms with Crippen molar-refractivity contribution in [2.75, 3.05) is 25.2 Å². The molecule has 2 aromatic carbocycles. The number of amides is 1. The fourth-order valence-electron chi connectivity index (χ4n) is 2.92. The molecule has 3 rings (SSSR count). The standard InChI is InChI=1S/C14H19NO4.C8H10O3S/c1-14(2,3)19-13(16)15-7-8-18-12-9-10(17-4)5-6-11(12)15;1-6-3-4-8(7(2)5-6)12(9,10)11/h5-6,9H,7-8H2,1-4H3;3-5H,1-2H3,(H,9,10,11). The molecule has 1 N–H and O–H groups in total. The van der Waals surface area contributed by atoms with Crippen LogP contribution in [0.25, 0.3) is 0 Å². The molecular formula is C22H29NO7S. The highest BCUT2D eigenvalue weighted by molar-refractivity contribution is 7.85. The maximum Gasteiger partial charge on any atom is 0.415 e. The van der Waals surface area contributed by atoms with Crippen molar-refractivity contribution in [3.05, 3.63) is 47.5 Å². The summed E-state index contributed by atoms with van der Waals surface area (Å²) in [5.74, 6) is 1.33. The van der Waals surface area contributed by atoms with Gasteiger partial charge in [0.25, 0.3) is 10.1 Å². The Morgan fingerprint density at radius 1 is 1.13 bits per heavy atom. The third-order valence-electron chi connectivity index (χ3n) is 4.25. The van der Waals surface area contributed by atoms with Crippen molar-refractivity contribution in [3.63, 3.8) is 0 Å². The second-order valence-electron chi connectivity index (χ2n) is 8.06. The molecule has 0 spiro atoms. The Hall–Kier alpha value is -2.78. The minimum atomic E-state index is -4.05.